The first-order valence-electron chi connectivity index (χ1n) is 6.10. The third kappa shape index (κ3) is 3.85. The Balaban J connectivity index is 2.38. The van der Waals surface area contributed by atoms with Crippen LogP contribution in [0.1, 0.15) is 11.1 Å². The van der Waals surface area contributed by atoms with Gasteiger partial charge < -0.3 is 9.47 Å². The Bertz CT molecular complexity index is 658. The molecule has 0 aliphatic rings. The van der Waals surface area contributed by atoms with Crippen molar-refractivity contribution in [1.82, 2.24) is 0 Å². The molecule has 2 aromatic carbocycles. The van der Waals surface area contributed by atoms with E-state index in [1.807, 2.05) is 18.2 Å². The number of rotatable bonds is 4. The van der Waals surface area contributed by atoms with Gasteiger partial charge in [-0.2, -0.15) is 0 Å². The molecule has 2 aromatic rings. The quantitative estimate of drug-likeness (QED) is 0.650. The van der Waals surface area contributed by atoms with Gasteiger partial charge in [0.1, 0.15) is 11.5 Å². The Kier molecular flexibility index (Phi) is 5.40. The summed E-state index contributed by atoms with van der Waals surface area (Å²) in [4.78, 5) is 0. The Morgan fingerprint density at radius 2 is 1.38 bits per heavy atom. The van der Waals surface area contributed by atoms with Crippen molar-refractivity contribution >= 4 is 47.0 Å². The van der Waals surface area contributed by atoms with Gasteiger partial charge in [-0.25, -0.2) is 0 Å². The first kappa shape index (κ1) is 16.0. The maximum Gasteiger partial charge on any atom is 0.121 e. The molecule has 2 nitrogen and oxygen atoms in total. The molecule has 0 radical (unpaired) electrons. The van der Waals surface area contributed by atoms with Crippen LogP contribution in [0.4, 0.5) is 0 Å². The summed E-state index contributed by atoms with van der Waals surface area (Å²) in [5, 5.41) is 1.64. The van der Waals surface area contributed by atoms with Crippen LogP contribution in [0.3, 0.4) is 0 Å². The zero-order valence-corrected chi connectivity index (χ0v) is 13.8. The number of methoxy groups -OCH3 is 2. The highest BCUT2D eigenvalue weighted by Crippen LogP contribution is 2.32. The lowest BCUT2D eigenvalue weighted by Gasteiger charge is -2.07. The zero-order chi connectivity index (χ0) is 15.4. The molecule has 0 atom stereocenters. The van der Waals surface area contributed by atoms with Crippen molar-refractivity contribution in [3.8, 4) is 11.5 Å². The maximum atomic E-state index is 6.20. The summed E-state index contributed by atoms with van der Waals surface area (Å²) in [6.45, 7) is 0. The fourth-order valence-corrected chi connectivity index (χ4v) is 2.56. The standard InChI is InChI=1S/C16H13Cl3O2/c1-20-11-4-6-14(17)10(7-11)3-5-13-15(18)8-12(21-2)9-16(13)19/h3-9H,1-2H3/b5-3-. The Morgan fingerprint density at radius 1 is 0.762 bits per heavy atom. The summed E-state index contributed by atoms with van der Waals surface area (Å²) in [5.41, 5.74) is 1.52. The SMILES string of the molecule is COc1cc(Cl)c(/C=C\c2cc(OC)ccc2Cl)c(Cl)c1. The van der Waals surface area contributed by atoms with Gasteiger partial charge in [-0.15, -0.1) is 0 Å². The lowest BCUT2D eigenvalue weighted by molar-refractivity contribution is 0.414. The van der Waals surface area contributed by atoms with E-state index in [2.05, 4.69) is 0 Å². The van der Waals surface area contributed by atoms with E-state index in [4.69, 9.17) is 44.3 Å². The molecule has 0 aliphatic heterocycles. The summed E-state index contributed by atoms with van der Waals surface area (Å²) in [6.07, 6.45) is 3.65. The minimum Gasteiger partial charge on any atom is -0.497 e. The van der Waals surface area contributed by atoms with Crippen LogP contribution in [-0.2, 0) is 0 Å². The van der Waals surface area contributed by atoms with E-state index >= 15 is 0 Å². The van der Waals surface area contributed by atoms with Crippen LogP contribution in [0, 0.1) is 0 Å². The second kappa shape index (κ2) is 7.08. The fourth-order valence-electron chi connectivity index (χ4n) is 1.79. The summed E-state index contributed by atoms with van der Waals surface area (Å²) >= 11 is 18.6. The van der Waals surface area contributed by atoms with Gasteiger partial charge in [0.15, 0.2) is 0 Å². The Morgan fingerprint density at radius 3 is 1.95 bits per heavy atom. The molecular formula is C16H13Cl3O2. The highest BCUT2D eigenvalue weighted by Gasteiger charge is 2.07. The molecule has 21 heavy (non-hydrogen) atoms. The molecule has 0 fully saturated rings. The summed E-state index contributed by atoms with van der Waals surface area (Å²) in [7, 11) is 3.17. The van der Waals surface area contributed by atoms with Gasteiger partial charge >= 0.3 is 0 Å². The first-order valence-corrected chi connectivity index (χ1v) is 7.23. The molecule has 110 valence electrons. The van der Waals surface area contributed by atoms with E-state index in [-0.39, 0.29) is 0 Å². The molecule has 0 bridgehead atoms. The molecule has 0 unspecified atom stereocenters. The van der Waals surface area contributed by atoms with E-state index in [9.17, 15) is 0 Å². The van der Waals surface area contributed by atoms with Crippen molar-refractivity contribution in [2.24, 2.45) is 0 Å². The van der Waals surface area contributed by atoms with Crippen LogP contribution in [0.25, 0.3) is 12.2 Å². The smallest absolute Gasteiger partial charge is 0.121 e. The lowest BCUT2D eigenvalue weighted by Crippen LogP contribution is -1.86. The van der Waals surface area contributed by atoms with Gasteiger partial charge in [-0.3, -0.25) is 0 Å². The van der Waals surface area contributed by atoms with Crippen LogP contribution < -0.4 is 9.47 Å². The van der Waals surface area contributed by atoms with E-state index in [1.54, 1.807) is 38.5 Å². The van der Waals surface area contributed by atoms with Crippen LogP contribution in [0.15, 0.2) is 30.3 Å². The predicted molar refractivity (Wildman–Crippen MR) is 89.9 cm³/mol. The summed E-state index contributed by atoms with van der Waals surface area (Å²) < 4.78 is 10.3. The van der Waals surface area contributed by atoms with Gasteiger partial charge in [0.2, 0.25) is 0 Å². The molecular weight excluding hydrogens is 331 g/mol. The van der Waals surface area contributed by atoms with Crippen molar-refractivity contribution in [1.29, 1.82) is 0 Å². The second-order valence-corrected chi connectivity index (χ2v) is 5.45. The normalized spacial score (nSPS) is 10.9. The number of hydrogen-bond acceptors (Lipinski definition) is 2. The number of hydrogen-bond donors (Lipinski definition) is 0. The second-order valence-electron chi connectivity index (χ2n) is 4.23. The topological polar surface area (TPSA) is 18.5 Å². The highest BCUT2D eigenvalue weighted by molar-refractivity contribution is 6.37. The van der Waals surface area contributed by atoms with Crippen LogP contribution >= 0.6 is 34.8 Å². The lowest BCUT2D eigenvalue weighted by atomic mass is 10.1. The van der Waals surface area contributed by atoms with Gasteiger partial charge in [0.25, 0.3) is 0 Å². The number of halogens is 3. The van der Waals surface area contributed by atoms with Crippen LogP contribution in [-0.4, -0.2) is 14.2 Å². The van der Waals surface area contributed by atoms with E-state index < -0.39 is 0 Å². The van der Waals surface area contributed by atoms with E-state index in [0.29, 0.717) is 26.4 Å². The molecule has 0 N–H and O–H groups in total. The maximum absolute atomic E-state index is 6.20. The Hall–Kier alpha value is -1.35. The van der Waals surface area contributed by atoms with Crippen molar-refractivity contribution in [3.05, 3.63) is 56.5 Å². The van der Waals surface area contributed by atoms with Gasteiger partial charge in [0.05, 0.1) is 24.3 Å². The fraction of sp³-hybridized carbons (Fsp3) is 0.125. The molecule has 0 saturated heterocycles. The highest BCUT2D eigenvalue weighted by atomic mass is 35.5. The van der Waals surface area contributed by atoms with Gasteiger partial charge in [-0.1, -0.05) is 47.0 Å². The van der Waals surface area contributed by atoms with Crippen molar-refractivity contribution in [2.75, 3.05) is 14.2 Å². The minimum absolute atomic E-state index is 0.509. The Labute approximate surface area is 138 Å². The molecule has 0 aliphatic carbocycles. The average molecular weight is 344 g/mol. The molecule has 0 spiro atoms. The van der Waals surface area contributed by atoms with Crippen molar-refractivity contribution in [2.45, 2.75) is 0 Å². The largest absolute Gasteiger partial charge is 0.497 e. The molecule has 0 heterocycles. The molecule has 2 rings (SSSR count). The van der Waals surface area contributed by atoms with E-state index in [0.717, 1.165) is 11.3 Å². The van der Waals surface area contributed by atoms with Crippen molar-refractivity contribution in [3.63, 3.8) is 0 Å². The minimum atomic E-state index is 0.509. The predicted octanol–water partition coefficient (Wildman–Crippen LogP) is 5.83. The third-order valence-electron chi connectivity index (χ3n) is 2.92. The summed E-state index contributed by atoms with van der Waals surface area (Å²) in [5.74, 6) is 1.34. The molecule has 0 aromatic heterocycles. The monoisotopic (exact) mass is 342 g/mol. The number of ether oxygens (including phenoxy) is 2. The summed E-state index contributed by atoms with van der Waals surface area (Å²) in [6, 6.07) is 8.83. The van der Waals surface area contributed by atoms with Crippen LogP contribution in [0.2, 0.25) is 15.1 Å². The van der Waals surface area contributed by atoms with Crippen LogP contribution in [0.5, 0.6) is 11.5 Å². The van der Waals surface area contributed by atoms with E-state index in [1.165, 1.54) is 0 Å². The van der Waals surface area contributed by atoms with Gasteiger partial charge in [0, 0.05) is 10.6 Å². The first-order chi connectivity index (χ1) is 10.0. The average Bonchev–Trinajstić information content (AvgIpc) is 2.47. The van der Waals surface area contributed by atoms with Crippen molar-refractivity contribution < 1.29 is 9.47 Å². The zero-order valence-electron chi connectivity index (χ0n) is 11.5. The third-order valence-corrected chi connectivity index (χ3v) is 3.89. The van der Waals surface area contributed by atoms with Gasteiger partial charge in [-0.05, 0) is 35.9 Å². The molecule has 5 heteroatoms. The molecule has 0 amide bonds. The number of benzene rings is 2. The molecule has 0 saturated carbocycles.